The van der Waals surface area contributed by atoms with E-state index in [1.54, 1.807) is 6.07 Å². The summed E-state index contributed by atoms with van der Waals surface area (Å²) < 4.78 is 51.9. The molecule has 1 saturated heterocycles. The van der Waals surface area contributed by atoms with Crippen LogP contribution in [0, 0.1) is 11.6 Å². The van der Waals surface area contributed by atoms with E-state index >= 15 is 0 Å². The van der Waals surface area contributed by atoms with Crippen molar-refractivity contribution in [3.63, 3.8) is 0 Å². The Morgan fingerprint density at radius 3 is 2.25 bits per heavy atom. The summed E-state index contributed by atoms with van der Waals surface area (Å²) in [6.07, 6.45) is 2.55. The van der Waals surface area contributed by atoms with E-state index in [1.807, 2.05) is 24.3 Å². The Hall–Kier alpha value is -3.77. The van der Waals surface area contributed by atoms with Crippen molar-refractivity contribution in [1.29, 1.82) is 0 Å². The Morgan fingerprint density at radius 2 is 1.67 bits per heavy atom. The van der Waals surface area contributed by atoms with E-state index in [-0.39, 0.29) is 12.1 Å². The zero-order valence-electron chi connectivity index (χ0n) is 19.5. The van der Waals surface area contributed by atoms with Crippen LogP contribution in [0.1, 0.15) is 15.9 Å². The molecule has 0 aliphatic carbocycles. The number of benzene rings is 2. The average Bonchev–Trinajstić information content (AvgIpc) is 2.82. The van der Waals surface area contributed by atoms with Gasteiger partial charge in [-0.05, 0) is 42.0 Å². The second-order valence-electron chi connectivity index (χ2n) is 8.43. The molecule has 0 radical (unpaired) electrons. The van der Waals surface area contributed by atoms with Crippen molar-refractivity contribution >= 4 is 38.8 Å². The number of amides is 1. The summed E-state index contributed by atoms with van der Waals surface area (Å²) in [5, 5.41) is 6.14. The van der Waals surface area contributed by atoms with Crippen LogP contribution in [-0.4, -0.2) is 56.0 Å². The predicted octanol–water partition coefficient (Wildman–Crippen LogP) is 2.90. The second kappa shape index (κ2) is 10.5. The van der Waals surface area contributed by atoms with E-state index in [4.69, 9.17) is 5.73 Å². The number of nitrogens with one attached hydrogen (secondary N) is 2. The van der Waals surface area contributed by atoms with Gasteiger partial charge in [0.25, 0.3) is 5.91 Å². The lowest BCUT2D eigenvalue weighted by Crippen LogP contribution is -2.48. The van der Waals surface area contributed by atoms with Crippen LogP contribution in [0.4, 0.5) is 31.7 Å². The topological polar surface area (TPSA) is 121 Å². The number of carbonyl (C=O) groups excluding carboxylic acids is 1. The molecule has 0 bridgehead atoms. The summed E-state index contributed by atoms with van der Waals surface area (Å²) in [7, 11) is -3.19. The van der Waals surface area contributed by atoms with E-state index in [2.05, 4.69) is 20.5 Å². The molecule has 2 heterocycles. The zero-order chi connectivity index (χ0) is 25.9. The number of carbonyl (C=O) groups is 1. The fourth-order valence-corrected chi connectivity index (χ4v) is 4.78. The number of nitrogens with two attached hydrogens (primary N) is 1. The smallest absolute Gasteiger partial charge is 0.252 e. The molecule has 4 N–H and O–H groups in total. The fraction of sp³-hybridized carbons (Fsp3) is 0.250. The van der Waals surface area contributed by atoms with Gasteiger partial charge in [0.15, 0.2) is 0 Å². The molecule has 190 valence electrons. The summed E-state index contributed by atoms with van der Waals surface area (Å²) in [6, 6.07) is 12.4. The highest BCUT2D eigenvalue weighted by molar-refractivity contribution is 7.88. The number of piperazine rings is 1. The van der Waals surface area contributed by atoms with Gasteiger partial charge in [-0.1, -0.05) is 0 Å². The number of anilines is 4. The minimum Gasteiger partial charge on any atom is -0.380 e. The lowest BCUT2D eigenvalue weighted by atomic mass is 10.1. The number of pyridine rings is 1. The molecular formula is C24H26F2N6O3S. The van der Waals surface area contributed by atoms with Crippen molar-refractivity contribution in [3.8, 4) is 0 Å². The van der Waals surface area contributed by atoms with Crippen LogP contribution in [0.25, 0.3) is 0 Å². The van der Waals surface area contributed by atoms with Crippen LogP contribution >= 0.6 is 0 Å². The van der Waals surface area contributed by atoms with Crippen LogP contribution in [-0.2, 0) is 16.6 Å². The first-order valence-electron chi connectivity index (χ1n) is 11.1. The standard InChI is InChI=1S/C24H26F2N6O3S/c1-36(34,35)32-8-6-31(7-9-32)20-4-2-19(3-5-20)30-23-13-22(21(15-29-23)24(27)33)28-14-16-10-17(25)12-18(26)11-16/h2-5,10-13,15H,6-9,14H2,1H3,(H2,27,33)(H2,28,29,30). The molecule has 9 nitrogen and oxygen atoms in total. The van der Waals surface area contributed by atoms with Crippen molar-refractivity contribution in [2.45, 2.75) is 6.54 Å². The number of aromatic nitrogens is 1. The molecule has 1 aliphatic rings. The first kappa shape index (κ1) is 25.3. The summed E-state index contributed by atoms with van der Waals surface area (Å²) in [6.45, 7) is 2.14. The van der Waals surface area contributed by atoms with E-state index in [0.717, 1.165) is 17.4 Å². The fourth-order valence-electron chi connectivity index (χ4n) is 3.96. The summed E-state index contributed by atoms with van der Waals surface area (Å²) in [5.74, 6) is -1.65. The van der Waals surface area contributed by atoms with Crippen molar-refractivity contribution in [2.75, 3.05) is 48.0 Å². The second-order valence-corrected chi connectivity index (χ2v) is 10.4. The highest BCUT2D eigenvalue weighted by atomic mass is 32.2. The van der Waals surface area contributed by atoms with Crippen molar-refractivity contribution in [3.05, 3.63) is 77.5 Å². The Morgan fingerprint density at radius 1 is 1.03 bits per heavy atom. The van der Waals surface area contributed by atoms with Crippen LogP contribution in [0.15, 0.2) is 54.7 Å². The molecule has 0 unspecified atom stereocenters. The van der Waals surface area contributed by atoms with E-state index in [1.165, 1.54) is 28.9 Å². The van der Waals surface area contributed by atoms with Gasteiger partial charge in [-0.15, -0.1) is 0 Å². The summed E-state index contributed by atoms with van der Waals surface area (Å²) in [4.78, 5) is 18.2. The maximum Gasteiger partial charge on any atom is 0.252 e. The lowest BCUT2D eigenvalue weighted by Gasteiger charge is -2.34. The minimum atomic E-state index is -3.19. The summed E-state index contributed by atoms with van der Waals surface area (Å²) in [5.41, 5.74) is 8.03. The molecule has 4 rings (SSSR count). The van der Waals surface area contributed by atoms with Gasteiger partial charge in [0, 0.05) is 62.4 Å². The number of hydrogen-bond acceptors (Lipinski definition) is 7. The third-order valence-electron chi connectivity index (χ3n) is 5.79. The molecule has 1 aliphatic heterocycles. The zero-order valence-corrected chi connectivity index (χ0v) is 20.4. The number of nitrogens with zero attached hydrogens (tertiary/aromatic N) is 3. The molecule has 12 heteroatoms. The van der Waals surface area contributed by atoms with Crippen molar-refractivity contribution in [2.24, 2.45) is 5.73 Å². The minimum absolute atomic E-state index is 0.0692. The molecule has 0 spiro atoms. The van der Waals surface area contributed by atoms with Crippen LogP contribution in [0.3, 0.4) is 0 Å². The van der Waals surface area contributed by atoms with Gasteiger partial charge in [-0.2, -0.15) is 4.31 Å². The molecule has 3 aromatic rings. The maximum atomic E-state index is 13.5. The Bertz CT molecular complexity index is 1340. The van der Waals surface area contributed by atoms with Gasteiger partial charge in [0.05, 0.1) is 17.5 Å². The monoisotopic (exact) mass is 516 g/mol. The van der Waals surface area contributed by atoms with E-state index < -0.39 is 27.6 Å². The van der Waals surface area contributed by atoms with Crippen molar-refractivity contribution in [1.82, 2.24) is 9.29 Å². The van der Waals surface area contributed by atoms with E-state index in [0.29, 0.717) is 43.2 Å². The first-order chi connectivity index (χ1) is 17.1. The molecule has 1 aromatic heterocycles. The third-order valence-corrected chi connectivity index (χ3v) is 7.09. The molecule has 2 aromatic carbocycles. The van der Waals surface area contributed by atoms with Crippen LogP contribution in [0.5, 0.6) is 0 Å². The number of hydrogen-bond donors (Lipinski definition) is 3. The number of rotatable bonds is 8. The Kier molecular flexibility index (Phi) is 7.36. The lowest BCUT2D eigenvalue weighted by molar-refractivity contribution is 0.100. The van der Waals surface area contributed by atoms with Gasteiger partial charge in [0.2, 0.25) is 10.0 Å². The SMILES string of the molecule is CS(=O)(=O)N1CCN(c2ccc(Nc3cc(NCc4cc(F)cc(F)c4)c(C(N)=O)cn3)cc2)CC1. The van der Waals surface area contributed by atoms with Gasteiger partial charge >= 0.3 is 0 Å². The van der Waals surface area contributed by atoms with E-state index in [9.17, 15) is 22.0 Å². The van der Waals surface area contributed by atoms with Gasteiger partial charge in [0.1, 0.15) is 17.5 Å². The third kappa shape index (κ3) is 6.26. The van der Waals surface area contributed by atoms with Gasteiger partial charge in [-0.25, -0.2) is 22.2 Å². The quantitative estimate of drug-likeness (QED) is 0.421. The largest absolute Gasteiger partial charge is 0.380 e. The highest BCUT2D eigenvalue weighted by Crippen LogP contribution is 2.25. The molecule has 0 saturated carbocycles. The Balaban J connectivity index is 1.44. The molecule has 36 heavy (non-hydrogen) atoms. The normalized spacial score (nSPS) is 14.5. The molecule has 1 fully saturated rings. The average molecular weight is 517 g/mol. The van der Waals surface area contributed by atoms with Crippen molar-refractivity contribution < 1.29 is 22.0 Å². The van der Waals surface area contributed by atoms with Crippen LogP contribution in [0.2, 0.25) is 0 Å². The first-order valence-corrected chi connectivity index (χ1v) is 13.0. The highest BCUT2D eigenvalue weighted by Gasteiger charge is 2.23. The molecular weight excluding hydrogens is 490 g/mol. The number of sulfonamides is 1. The van der Waals surface area contributed by atoms with Gasteiger partial charge < -0.3 is 21.3 Å². The molecule has 0 atom stereocenters. The van der Waals surface area contributed by atoms with Gasteiger partial charge in [-0.3, -0.25) is 4.79 Å². The predicted molar refractivity (Wildman–Crippen MR) is 135 cm³/mol. The molecule has 1 amide bonds. The summed E-state index contributed by atoms with van der Waals surface area (Å²) >= 11 is 0. The Labute approximate surface area is 208 Å². The maximum absolute atomic E-state index is 13.5. The van der Waals surface area contributed by atoms with Crippen LogP contribution < -0.4 is 21.3 Å². The number of primary amides is 1. The number of halogens is 2.